The van der Waals surface area contributed by atoms with Crippen molar-refractivity contribution in [3.8, 4) is 5.75 Å². The molecule has 2 rings (SSSR count). The smallest absolute Gasteiger partial charge is 0.272 e. The first-order chi connectivity index (χ1) is 9.49. The van der Waals surface area contributed by atoms with Gasteiger partial charge >= 0.3 is 0 Å². The highest BCUT2D eigenvalue weighted by Gasteiger charge is 2.24. The molecule has 1 aromatic carbocycles. The number of ether oxygens (including phenoxy) is 1. The number of nitrogens with two attached hydrogens (primary N) is 2. The third kappa shape index (κ3) is 3.30. The molecule has 1 aromatic rings. The van der Waals surface area contributed by atoms with Crippen molar-refractivity contribution in [2.45, 2.75) is 25.2 Å². The number of piperidine rings is 1. The lowest BCUT2D eigenvalue weighted by Crippen LogP contribution is -2.29. The van der Waals surface area contributed by atoms with Crippen LogP contribution in [-0.4, -0.2) is 38.1 Å². The van der Waals surface area contributed by atoms with Gasteiger partial charge in [-0.15, -0.1) is 0 Å². The Kier molecular flexibility index (Phi) is 4.65. The number of hydrogen-bond acceptors (Lipinski definition) is 4. The second kappa shape index (κ2) is 6.26. The molecule has 0 spiro atoms. The van der Waals surface area contributed by atoms with Gasteiger partial charge in [-0.1, -0.05) is 6.07 Å². The average Bonchev–Trinajstić information content (AvgIpc) is 2.41. The summed E-state index contributed by atoms with van der Waals surface area (Å²) in [5.41, 5.74) is 13.2. The van der Waals surface area contributed by atoms with Crippen molar-refractivity contribution in [3.05, 3.63) is 17.7 Å². The number of hydrogen-bond donors (Lipinski definition) is 2. The Balaban J connectivity index is 2.24. The van der Waals surface area contributed by atoms with Crippen molar-refractivity contribution in [1.29, 1.82) is 0 Å². The molecular weight excluding hydrogens is 264 g/mol. The normalized spacial score (nSPS) is 17.6. The standard InChI is InChI=1S/C14H21F2N3O/c1-19-6-4-9(5-7-19)10-2-3-11(17)13(18)14(10)20-8-12(15)16/h2-3,9,12H,4-8,17-18H2,1H3. The van der Waals surface area contributed by atoms with E-state index >= 15 is 0 Å². The Morgan fingerprint density at radius 1 is 1.30 bits per heavy atom. The minimum atomic E-state index is -2.53. The molecule has 0 aromatic heterocycles. The highest BCUT2D eigenvalue weighted by atomic mass is 19.3. The highest BCUT2D eigenvalue weighted by molar-refractivity contribution is 5.73. The molecule has 1 saturated heterocycles. The van der Waals surface area contributed by atoms with Gasteiger partial charge in [0.05, 0.1) is 11.4 Å². The van der Waals surface area contributed by atoms with Gasteiger partial charge in [0.25, 0.3) is 6.43 Å². The van der Waals surface area contributed by atoms with Crippen LogP contribution in [0, 0.1) is 0 Å². The average molecular weight is 285 g/mol. The van der Waals surface area contributed by atoms with Crippen LogP contribution in [0.5, 0.6) is 5.75 Å². The maximum Gasteiger partial charge on any atom is 0.272 e. The fourth-order valence-electron chi connectivity index (χ4n) is 2.58. The zero-order valence-corrected chi connectivity index (χ0v) is 11.6. The largest absolute Gasteiger partial charge is 0.485 e. The van der Waals surface area contributed by atoms with E-state index in [1.165, 1.54) is 0 Å². The van der Waals surface area contributed by atoms with E-state index in [1.807, 2.05) is 6.07 Å². The molecule has 20 heavy (non-hydrogen) atoms. The van der Waals surface area contributed by atoms with Crippen molar-refractivity contribution < 1.29 is 13.5 Å². The fourth-order valence-corrected chi connectivity index (χ4v) is 2.58. The summed E-state index contributed by atoms with van der Waals surface area (Å²) in [6.07, 6.45) is -0.600. The van der Waals surface area contributed by atoms with Crippen LogP contribution in [0.2, 0.25) is 0 Å². The van der Waals surface area contributed by atoms with Crippen molar-refractivity contribution in [1.82, 2.24) is 4.90 Å². The van der Waals surface area contributed by atoms with Crippen LogP contribution in [0.4, 0.5) is 20.2 Å². The topological polar surface area (TPSA) is 64.5 Å². The van der Waals surface area contributed by atoms with Crippen LogP contribution in [0.25, 0.3) is 0 Å². The van der Waals surface area contributed by atoms with Gasteiger partial charge in [0, 0.05) is 0 Å². The van der Waals surface area contributed by atoms with Crippen LogP contribution in [0.1, 0.15) is 24.3 Å². The predicted octanol–water partition coefficient (Wildman–Crippen LogP) is 2.30. The van der Waals surface area contributed by atoms with Gasteiger partial charge < -0.3 is 21.1 Å². The molecule has 0 radical (unpaired) electrons. The molecule has 0 unspecified atom stereocenters. The van der Waals surface area contributed by atoms with Crippen LogP contribution in [0.3, 0.4) is 0 Å². The molecular formula is C14H21F2N3O. The Labute approximate surface area is 117 Å². The van der Waals surface area contributed by atoms with Gasteiger partial charge in [-0.2, -0.15) is 0 Å². The Bertz CT molecular complexity index is 460. The summed E-state index contributed by atoms with van der Waals surface area (Å²) in [6.45, 7) is 1.29. The monoisotopic (exact) mass is 285 g/mol. The highest BCUT2D eigenvalue weighted by Crippen LogP contribution is 2.40. The first-order valence-electron chi connectivity index (χ1n) is 6.76. The first-order valence-corrected chi connectivity index (χ1v) is 6.76. The lowest BCUT2D eigenvalue weighted by molar-refractivity contribution is 0.0813. The molecule has 0 bridgehead atoms. The van der Waals surface area contributed by atoms with Crippen molar-refractivity contribution in [3.63, 3.8) is 0 Å². The summed E-state index contributed by atoms with van der Waals surface area (Å²) in [7, 11) is 2.07. The van der Waals surface area contributed by atoms with Crippen molar-refractivity contribution >= 4 is 11.4 Å². The Hall–Kier alpha value is -1.56. The van der Waals surface area contributed by atoms with E-state index < -0.39 is 13.0 Å². The number of likely N-dealkylation sites (tertiary alicyclic amines) is 1. The number of nitrogen functional groups attached to an aromatic ring is 2. The molecule has 0 saturated carbocycles. The van der Waals surface area contributed by atoms with Gasteiger partial charge in [-0.3, -0.25) is 0 Å². The van der Waals surface area contributed by atoms with E-state index in [0.717, 1.165) is 31.5 Å². The van der Waals surface area contributed by atoms with Gasteiger partial charge in [0.1, 0.15) is 12.4 Å². The number of rotatable bonds is 4. The zero-order valence-electron chi connectivity index (χ0n) is 11.6. The fraction of sp³-hybridized carbons (Fsp3) is 0.571. The summed E-state index contributed by atoms with van der Waals surface area (Å²) in [5.74, 6) is 0.613. The summed E-state index contributed by atoms with van der Waals surface area (Å²) < 4.78 is 30.0. The summed E-state index contributed by atoms with van der Waals surface area (Å²) in [5, 5.41) is 0. The van der Waals surface area contributed by atoms with Crippen molar-refractivity contribution in [2.75, 3.05) is 38.2 Å². The van der Waals surface area contributed by atoms with Gasteiger partial charge in [-0.25, -0.2) is 8.78 Å². The van der Waals surface area contributed by atoms with E-state index in [2.05, 4.69) is 11.9 Å². The van der Waals surface area contributed by atoms with Crippen LogP contribution in [0.15, 0.2) is 12.1 Å². The second-order valence-electron chi connectivity index (χ2n) is 5.27. The molecule has 1 aliphatic heterocycles. The molecule has 1 heterocycles. The molecule has 0 atom stereocenters. The van der Waals surface area contributed by atoms with E-state index in [0.29, 0.717) is 11.4 Å². The van der Waals surface area contributed by atoms with Crippen LogP contribution < -0.4 is 16.2 Å². The summed E-state index contributed by atoms with van der Waals surface area (Å²) >= 11 is 0. The van der Waals surface area contributed by atoms with Crippen molar-refractivity contribution in [2.24, 2.45) is 0 Å². The van der Waals surface area contributed by atoms with E-state index in [-0.39, 0.29) is 11.6 Å². The van der Waals surface area contributed by atoms with Gasteiger partial charge in [0.15, 0.2) is 0 Å². The second-order valence-corrected chi connectivity index (χ2v) is 5.27. The van der Waals surface area contributed by atoms with E-state index in [4.69, 9.17) is 16.2 Å². The lowest BCUT2D eigenvalue weighted by atomic mass is 9.88. The minimum absolute atomic E-state index is 0.266. The number of alkyl halides is 2. The number of anilines is 2. The molecule has 1 aliphatic rings. The number of halogens is 2. The molecule has 6 heteroatoms. The molecule has 4 nitrogen and oxygen atoms in total. The number of benzene rings is 1. The SMILES string of the molecule is CN1CCC(c2ccc(N)c(N)c2OCC(F)F)CC1. The summed E-state index contributed by atoms with van der Waals surface area (Å²) in [6, 6.07) is 3.57. The first kappa shape index (κ1) is 14.8. The maximum atomic E-state index is 12.4. The molecule has 112 valence electrons. The molecule has 0 aliphatic carbocycles. The Morgan fingerprint density at radius 3 is 2.55 bits per heavy atom. The third-order valence-electron chi connectivity index (χ3n) is 3.77. The van der Waals surface area contributed by atoms with Crippen LogP contribution in [-0.2, 0) is 0 Å². The van der Waals surface area contributed by atoms with Gasteiger partial charge in [-0.05, 0) is 50.5 Å². The number of nitrogens with zero attached hydrogens (tertiary/aromatic N) is 1. The maximum absolute atomic E-state index is 12.4. The third-order valence-corrected chi connectivity index (χ3v) is 3.77. The minimum Gasteiger partial charge on any atom is -0.485 e. The zero-order chi connectivity index (χ0) is 14.7. The molecule has 4 N–H and O–H groups in total. The Morgan fingerprint density at radius 2 is 1.95 bits per heavy atom. The molecule has 0 amide bonds. The van der Waals surface area contributed by atoms with E-state index in [9.17, 15) is 8.78 Å². The van der Waals surface area contributed by atoms with E-state index in [1.54, 1.807) is 6.07 Å². The van der Waals surface area contributed by atoms with Gasteiger partial charge in [0.2, 0.25) is 0 Å². The molecule has 1 fully saturated rings. The van der Waals surface area contributed by atoms with Crippen LogP contribution >= 0.6 is 0 Å². The predicted molar refractivity (Wildman–Crippen MR) is 76.2 cm³/mol. The summed E-state index contributed by atoms with van der Waals surface area (Å²) in [4.78, 5) is 2.25. The quantitative estimate of drug-likeness (QED) is 0.833. The lowest BCUT2D eigenvalue weighted by Gasteiger charge is -2.30.